The molecule has 186 valence electrons. The minimum atomic E-state index is -1.13. The van der Waals surface area contributed by atoms with Crippen molar-refractivity contribution in [1.82, 2.24) is 0 Å². The Labute approximate surface area is 210 Å². The van der Waals surface area contributed by atoms with E-state index in [0.717, 1.165) is 11.1 Å². The maximum absolute atomic E-state index is 15.1. The van der Waals surface area contributed by atoms with Gasteiger partial charge in [0.1, 0.15) is 17.3 Å². The van der Waals surface area contributed by atoms with Gasteiger partial charge in [-0.2, -0.15) is 0 Å². The molecule has 0 aromatic heterocycles. The molecule has 1 aliphatic heterocycles. The van der Waals surface area contributed by atoms with Crippen molar-refractivity contribution >= 4 is 23.1 Å². The summed E-state index contributed by atoms with van der Waals surface area (Å²) in [6.45, 7) is 10.3. The molecule has 1 N–H and O–H groups in total. The number of hydrogen-bond donors (Lipinski definition) is 1. The predicted octanol–water partition coefficient (Wildman–Crippen LogP) is 6.46. The van der Waals surface area contributed by atoms with Crippen molar-refractivity contribution in [2.45, 2.75) is 46.1 Å². The van der Waals surface area contributed by atoms with E-state index in [-0.39, 0.29) is 22.3 Å². The highest BCUT2D eigenvalue weighted by atomic mass is 19.1. The van der Waals surface area contributed by atoms with Crippen molar-refractivity contribution < 1.29 is 23.8 Å². The monoisotopic (exact) mass is 487 g/mol. The fourth-order valence-electron chi connectivity index (χ4n) is 4.57. The van der Waals surface area contributed by atoms with E-state index in [1.165, 1.54) is 17.0 Å². The normalized spacial score (nSPS) is 17.5. The van der Waals surface area contributed by atoms with Gasteiger partial charge in [-0.25, -0.2) is 4.39 Å². The first-order chi connectivity index (χ1) is 17.0. The number of carbonyl (C=O) groups is 2. The lowest BCUT2D eigenvalue weighted by atomic mass is 9.84. The molecular weight excluding hydrogens is 457 g/mol. The molecule has 0 spiro atoms. The van der Waals surface area contributed by atoms with E-state index in [9.17, 15) is 14.7 Å². The molecule has 0 bridgehead atoms. The zero-order chi connectivity index (χ0) is 26.2. The van der Waals surface area contributed by atoms with E-state index in [1.54, 1.807) is 48.5 Å². The van der Waals surface area contributed by atoms with Gasteiger partial charge in [-0.15, -0.1) is 0 Å². The van der Waals surface area contributed by atoms with Crippen molar-refractivity contribution in [2.75, 3.05) is 11.5 Å². The van der Waals surface area contributed by atoms with Crippen LogP contribution in [0.5, 0.6) is 5.75 Å². The van der Waals surface area contributed by atoms with Crippen LogP contribution in [0.2, 0.25) is 0 Å². The number of halogens is 1. The van der Waals surface area contributed by atoms with Gasteiger partial charge in [-0.3, -0.25) is 14.5 Å². The molecule has 0 saturated carbocycles. The average molecular weight is 488 g/mol. The number of rotatable bonds is 5. The summed E-state index contributed by atoms with van der Waals surface area (Å²) in [5, 5.41) is 11.5. The number of benzene rings is 3. The summed E-state index contributed by atoms with van der Waals surface area (Å²) in [5.41, 5.74) is 2.17. The van der Waals surface area contributed by atoms with E-state index in [0.29, 0.717) is 23.6 Å². The van der Waals surface area contributed by atoms with Crippen LogP contribution in [0.15, 0.2) is 72.3 Å². The maximum atomic E-state index is 15.1. The number of anilines is 1. The van der Waals surface area contributed by atoms with Gasteiger partial charge in [0.05, 0.1) is 18.2 Å². The third-order valence-electron chi connectivity index (χ3n) is 6.28. The molecule has 1 unspecified atom stereocenters. The molecular formula is C30H30FNO4. The van der Waals surface area contributed by atoms with E-state index in [1.807, 2.05) is 40.7 Å². The van der Waals surface area contributed by atoms with Gasteiger partial charge in [0.15, 0.2) is 0 Å². The lowest BCUT2D eigenvalue weighted by Crippen LogP contribution is -2.29. The number of ether oxygens (including phenoxy) is 1. The van der Waals surface area contributed by atoms with Crippen LogP contribution in [0, 0.1) is 12.7 Å². The Morgan fingerprint density at radius 3 is 2.39 bits per heavy atom. The second-order valence-corrected chi connectivity index (χ2v) is 9.92. The van der Waals surface area contributed by atoms with Crippen LogP contribution in [0.3, 0.4) is 0 Å². The molecule has 3 aromatic carbocycles. The van der Waals surface area contributed by atoms with Gasteiger partial charge in [-0.1, -0.05) is 51.1 Å². The van der Waals surface area contributed by atoms with Crippen molar-refractivity contribution in [2.24, 2.45) is 0 Å². The molecule has 6 heteroatoms. The van der Waals surface area contributed by atoms with Crippen molar-refractivity contribution in [3.8, 4) is 5.75 Å². The maximum Gasteiger partial charge on any atom is 0.300 e. The minimum absolute atomic E-state index is 0.127. The average Bonchev–Trinajstić information content (AvgIpc) is 3.09. The quantitative estimate of drug-likeness (QED) is 0.255. The van der Waals surface area contributed by atoms with Gasteiger partial charge < -0.3 is 9.84 Å². The highest BCUT2D eigenvalue weighted by Crippen LogP contribution is 2.44. The Bertz CT molecular complexity index is 1370. The topological polar surface area (TPSA) is 66.8 Å². The van der Waals surface area contributed by atoms with Crippen molar-refractivity contribution in [1.29, 1.82) is 0 Å². The van der Waals surface area contributed by atoms with E-state index in [4.69, 9.17) is 4.74 Å². The van der Waals surface area contributed by atoms with E-state index < -0.39 is 23.5 Å². The largest absolute Gasteiger partial charge is 0.507 e. The highest BCUT2D eigenvalue weighted by molar-refractivity contribution is 6.51. The molecule has 1 fully saturated rings. The Balaban J connectivity index is 1.97. The summed E-state index contributed by atoms with van der Waals surface area (Å²) in [4.78, 5) is 28.0. The van der Waals surface area contributed by atoms with Crippen molar-refractivity contribution in [3.63, 3.8) is 0 Å². The van der Waals surface area contributed by atoms with Crippen molar-refractivity contribution in [3.05, 3.63) is 100 Å². The number of hydrogen-bond acceptors (Lipinski definition) is 4. The first-order valence-electron chi connectivity index (χ1n) is 11.9. The second-order valence-electron chi connectivity index (χ2n) is 9.92. The molecule has 1 saturated heterocycles. The molecule has 0 radical (unpaired) electrons. The number of aliphatic hydroxyl groups excluding tert-OH is 1. The predicted molar refractivity (Wildman–Crippen MR) is 139 cm³/mol. The SMILES string of the molecule is CCOc1ccc(/C(O)=C2\C(=O)C(=O)N(c3cccc(C)c3)C2c2ccccc2F)cc1C(C)(C)C. The smallest absolute Gasteiger partial charge is 0.300 e. The third-order valence-corrected chi connectivity index (χ3v) is 6.28. The molecule has 0 aliphatic carbocycles. The van der Waals surface area contributed by atoms with E-state index >= 15 is 4.39 Å². The van der Waals surface area contributed by atoms with Crippen LogP contribution < -0.4 is 9.64 Å². The summed E-state index contributed by atoms with van der Waals surface area (Å²) in [6.07, 6.45) is 0. The van der Waals surface area contributed by atoms with Crippen LogP contribution in [-0.4, -0.2) is 23.4 Å². The lowest BCUT2D eigenvalue weighted by molar-refractivity contribution is -0.132. The molecule has 36 heavy (non-hydrogen) atoms. The van der Waals surface area contributed by atoms with Gasteiger partial charge in [0.2, 0.25) is 0 Å². The zero-order valence-electron chi connectivity index (χ0n) is 21.1. The number of amides is 1. The van der Waals surface area contributed by atoms with Crippen LogP contribution in [-0.2, 0) is 15.0 Å². The fraction of sp³-hybridized carbons (Fsp3) is 0.267. The first-order valence-corrected chi connectivity index (χ1v) is 11.9. The highest BCUT2D eigenvalue weighted by Gasteiger charge is 2.48. The van der Waals surface area contributed by atoms with Gasteiger partial charge >= 0.3 is 0 Å². The van der Waals surface area contributed by atoms with Crippen LogP contribution in [0.25, 0.3) is 5.76 Å². The summed E-state index contributed by atoms with van der Waals surface area (Å²) >= 11 is 0. The van der Waals surface area contributed by atoms with Gasteiger partial charge in [0.25, 0.3) is 11.7 Å². The molecule has 1 heterocycles. The third kappa shape index (κ3) is 4.51. The lowest BCUT2D eigenvalue weighted by Gasteiger charge is -2.26. The van der Waals surface area contributed by atoms with Crippen LogP contribution in [0.4, 0.5) is 10.1 Å². The number of aryl methyl sites for hydroxylation is 1. The molecule has 3 aromatic rings. The Kier molecular flexibility index (Phi) is 6.72. The molecule has 4 rings (SSSR count). The van der Waals surface area contributed by atoms with Gasteiger partial charge in [-0.05, 0) is 61.2 Å². The number of carbonyl (C=O) groups excluding carboxylic acids is 2. The number of nitrogens with zero attached hydrogens (tertiary/aromatic N) is 1. The molecule has 1 amide bonds. The summed E-state index contributed by atoms with van der Waals surface area (Å²) in [7, 11) is 0. The minimum Gasteiger partial charge on any atom is -0.507 e. The Morgan fingerprint density at radius 2 is 1.75 bits per heavy atom. The van der Waals surface area contributed by atoms with Crippen LogP contribution in [0.1, 0.15) is 56.0 Å². The zero-order valence-corrected chi connectivity index (χ0v) is 21.1. The van der Waals surface area contributed by atoms with E-state index in [2.05, 4.69) is 0 Å². The first kappa shape index (κ1) is 25.2. The molecule has 5 nitrogen and oxygen atoms in total. The molecule has 1 aliphatic rings. The summed E-state index contributed by atoms with van der Waals surface area (Å²) in [6, 6.07) is 17.1. The number of ketones is 1. The van der Waals surface area contributed by atoms with Gasteiger partial charge in [0, 0.05) is 22.4 Å². The van der Waals surface area contributed by atoms with Crippen LogP contribution >= 0.6 is 0 Å². The fourth-order valence-corrected chi connectivity index (χ4v) is 4.57. The Hall–Kier alpha value is -3.93. The summed E-state index contributed by atoms with van der Waals surface area (Å²) in [5.74, 6) is -1.95. The summed E-state index contributed by atoms with van der Waals surface area (Å²) < 4.78 is 20.9. The standard InChI is InChI=1S/C30H30FNO4/c1-6-36-24-15-14-19(17-22(24)30(3,4)5)27(33)25-26(21-12-7-8-13-23(21)31)32(29(35)28(25)34)20-11-9-10-18(2)16-20/h7-17,26,33H,6H2,1-5H3/b27-25+. The second kappa shape index (κ2) is 9.61. The number of Topliss-reactive ketones (excluding diaryl/α,β-unsaturated/α-hetero) is 1. The molecule has 1 atom stereocenters. The number of aliphatic hydroxyl groups is 1. The Morgan fingerprint density at radius 1 is 1.03 bits per heavy atom.